The van der Waals surface area contributed by atoms with E-state index in [1.54, 1.807) is 0 Å². The zero-order valence-corrected chi connectivity index (χ0v) is 20.8. The monoisotopic (exact) mass is 479 g/mol. The van der Waals surface area contributed by atoms with E-state index < -0.39 is 5.60 Å². The minimum absolute atomic E-state index is 0.152. The largest absolute Gasteiger partial charge is 0.388 e. The molecule has 0 saturated carbocycles. The van der Waals surface area contributed by atoms with E-state index >= 15 is 0 Å². The molecule has 1 fully saturated rings. The Labute approximate surface area is 210 Å². The number of β-amino-alcohol motifs (C(OH)–C–C–N with tert-alkyl or cyclic N) is 1. The number of benzene rings is 1. The highest BCUT2D eigenvalue weighted by molar-refractivity contribution is 5.72. The topological polar surface area (TPSA) is 86.1 Å². The second-order valence-corrected chi connectivity index (χ2v) is 10.4. The molecule has 182 valence electrons. The van der Waals surface area contributed by atoms with E-state index in [-0.39, 0.29) is 5.92 Å². The molecule has 0 spiro atoms. The van der Waals surface area contributed by atoms with Crippen LogP contribution in [0.25, 0.3) is 28.3 Å². The number of aromatic nitrogens is 4. The van der Waals surface area contributed by atoms with E-state index in [0.29, 0.717) is 18.7 Å². The SMILES string of the molecule is CN(C)C[C@H]1CN(c2ccc3c(n2)Cn2cc(-c4ccc(C#N)cc4)cc2-c2nccn2-3)C[C@]1(C)O. The Bertz CT molecular complexity index is 1470. The fourth-order valence-corrected chi connectivity index (χ4v) is 5.48. The third-order valence-corrected chi connectivity index (χ3v) is 7.37. The Morgan fingerprint density at radius 2 is 1.97 bits per heavy atom. The molecule has 4 aromatic rings. The van der Waals surface area contributed by atoms with Gasteiger partial charge in [-0.05, 0) is 56.9 Å². The molecule has 0 bridgehead atoms. The van der Waals surface area contributed by atoms with E-state index in [1.165, 1.54) is 0 Å². The Hall–Kier alpha value is -3.93. The van der Waals surface area contributed by atoms with Crippen molar-refractivity contribution < 1.29 is 5.11 Å². The highest BCUT2D eigenvalue weighted by Crippen LogP contribution is 2.36. The highest BCUT2D eigenvalue weighted by atomic mass is 16.3. The van der Waals surface area contributed by atoms with Gasteiger partial charge in [0.2, 0.25) is 0 Å². The number of rotatable bonds is 4. The number of aliphatic hydroxyl groups is 1. The number of nitriles is 1. The second kappa shape index (κ2) is 8.33. The van der Waals surface area contributed by atoms with Crippen LogP contribution in [0.1, 0.15) is 18.2 Å². The molecule has 1 N–H and O–H groups in total. The molecular weight excluding hydrogens is 450 g/mol. The maximum Gasteiger partial charge on any atom is 0.161 e. The normalized spacial score (nSPS) is 20.6. The van der Waals surface area contributed by atoms with Crippen molar-refractivity contribution in [2.24, 2.45) is 5.92 Å². The van der Waals surface area contributed by atoms with Crippen molar-refractivity contribution >= 4 is 5.82 Å². The Morgan fingerprint density at radius 3 is 2.72 bits per heavy atom. The van der Waals surface area contributed by atoms with Crippen LogP contribution in [0.5, 0.6) is 0 Å². The van der Waals surface area contributed by atoms with Crippen LogP contribution in [0.2, 0.25) is 0 Å². The summed E-state index contributed by atoms with van der Waals surface area (Å²) in [5, 5.41) is 20.2. The lowest BCUT2D eigenvalue weighted by Crippen LogP contribution is -2.39. The zero-order valence-electron chi connectivity index (χ0n) is 20.8. The summed E-state index contributed by atoms with van der Waals surface area (Å²) in [7, 11) is 4.09. The number of pyridine rings is 1. The van der Waals surface area contributed by atoms with Gasteiger partial charge in [0.15, 0.2) is 5.82 Å². The van der Waals surface area contributed by atoms with Crippen molar-refractivity contribution in [3.8, 4) is 34.4 Å². The van der Waals surface area contributed by atoms with Crippen LogP contribution < -0.4 is 4.90 Å². The zero-order chi connectivity index (χ0) is 25.0. The number of imidazole rings is 1. The Balaban J connectivity index is 1.37. The highest BCUT2D eigenvalue weighted by Gasteiger charge is 2.42. The molecule has 2 aliphatic heterocycles. The van der Waals surface area contributed by atoms with Crippen LogP contribution in [-0.2, 0) is 6.54 Å². The van der Waals surface area contributed by atoms with Crippen molar-refractivity contribution in [2.75, 3.05) is 38.6 Å². The van der Waals surface area contributed by atoms with E-state index in [0.717, 1.165) is 52.9 Å². The molecule has 2 aliphatic rings. The van der Waals surface area contributed by atoms with Gasteiger partial charge in [-0.3, -0.25) is 4.57 Å². The number of fused-ring (bicyclic) bond motifs is 5. The molecule has 1 aromatic carbocycles. The Morgan fingerprint density at radius 1 is 1.17 bits per heavy atom. The lowest BCUT2D eigenvalue weighted by molar-refractivity contribution is 0.0270. The smallest absolute Gasteiger partial charge is 0.161 e. The van der Waals surface area contributed by atoms with Gasteiger partial charge >= 0.3 is 0 Å². The number of nitrogens with zero attached hydrogens (tertiary/aromatic N) is 7. The first-order valence-corrected chi connectivity index (χ1v) is 12.2. The molecule has 6 rings (SSSR count). The van der Waals surface area contributed by atoms with Gasteiger partial charge in [0.05, 0.1) is 40.9 Å². The average molecular weight is 480 g/mol. The maximum absolute atomic E-state index is 11.1. The lowest BCUT2D eigenvalue weighted by atomic mass is 9.93. The molecular formula is C28H29N7O. The standard InChI is InChI=1S/C28H29N7O/c1-28(36)18-34(16-22(28)15-32(2)3)26-9-8-24-23(31-26)17-33-14-21(20-6-4-19(13-29)5-7-20)12-25(33)27-30-10-11-35(24)27/h4-12,14,22,36H,15-18H2,1-3H3/t22-,28-/m0/s1. The fraction of sp³-hybridized carbons (Fsp3) is 0.321. The molecule has 0 aliphatic carbocycles. The first-order chi connectivity index (χ1) is 17.3. The van der Waals surface area contributed by atoms with Gasteiger partial charge in [0.1, 0.15) is 5.82 Å². The summed E-state index contributed by atoms with van der Waals surface area (Å²) in [6.45, 7) is 4.70. The van der Waals surface area contributed by atoms with Crippen molar-refractivity contribution in [2.45, 2.75) is 19.1 Å². The predicted molar refractivity (Wildman–Crippen MR) is 139 cm³/mol. The molecule has 8 nitrogen and oxygen atoms in total. The Kier molecular flexibility index (Phi) is 5.21. The maximum atomic E-state index is 11.1. The minimum Gasteiger partial charge on any atom is -0.388 e. The first-order valence-electron chi connectivity index (χ1n) is 12.2. The van der Waals surface area contributed by atoms with Gasteiger partial charge in [-0.1, -0.05) is 12.1 Å². The molecule has 8 heteroatoms. The lowest BCUT2D eigenvalue weighted by Gasteiger charge is -2.26. The third kappa shape index (κ3) is 3.77. The summed E-state index contributed by atoms with van der Waals surface area (Å²) in [6.07, 6.45) is 5.93. The fourth-order valence-electron chi connectivity index (χ4n) is 5.48. The molecule has 0 radical (unpaired) electrons. The van der Waals surface area contributed by atoms with Crippen molar-refractivity contribution in [3.05, 3.63) is 72.3 Å². The van der Waals surface area contributed by atoms with Crippen LogP contribution in [0, 0.1) is 17.2 Å². The predicted octanol–water partition coefficient (Wildman–Crippen LogP) is 3.38. The van der Waals surface area contributed by atoms with Gasteiger partial charge in [-0.25, -0.2) is 9.97 Å². The molecule has 1 saturated heterocycles. The first kappa shape index (κ1) is 22.5. The summed E-state index contributed by atoms with van der Waals surface area (Å²) in [5.74, 6) is 1.91. The van der Waals surface area contributed by atoms with E-state index in [1.807, 2.05) is 57.7 Å². The number of anilines is 1. The summed E-state index contributed by atoms with van der Waals surface area (Å²) in [4.78, 5) is 14.1. The number of hydrogen-bond acceptors (Lipinski definition) is 6. The summed E-state index contributed by atoms with van der Waals surface area (Å²) >= 11 is 0. The van der Waals surface area contributed by atoms with Crippen LogP contribution in [0.3, 0.4) is 0 Å². The van der Waals surface area contributed by atoms with E-state index in [4.69, 9.17) is 10.2 Å². The summed E-state index contributed by atoms with van der Waals surface area (Å²) in [5.41, 5.74) is 5.02. The quantitative estimate of drug-likeness (QED) is 0.425. The van der Waals surface area contributed by atoms with Gasteiger partial charge < -0.3 is 19.5 Å². The summed E-state index contributed by atoms with van der Waals surface area (Å²) < 4.78 is 4.30. The van der Waals surface area contributed by atoms with Crippen LogP contribution in [-0.4, -0.2) is 68.4 Å². The third-order valence-electron chi connectivity index (χ3n) is 7.37. The molecule has 5 heterocycles. The molecule has 0 unspecified atom stereocenters. The number of hydrogen-bond donors (Lipinski definition) is 1. The minimum atomic E-state index is -0.764. The van der Waals surface area contributed by atoms with E-state index in [2.05, 4.69) is 54.4 Å². The van der Waals surface area contributed by atoms with Crippen molar-refractivity contribution in [3.63, 3.8) is 0 Å². The van der Waals surface area contributed by atoms with Crippen molar-refractivity contribution in [1.82, 2.24) is 24.0 Å². The van der Waals surface area contributed by atoms with Gasteiger partial charge in [0, 0.05) is 49.7 Å². The molecule has 36 heavy (non-hydrogen) atoms. The molecule has 0 amide bonds. The molecule has 2 atom stereocenters. The average Bonchev–Trinajstić information content (AvgIpc) is 3.55. The second-order valence-electron chi connectivity index (χ2n) is 10.4. The van der Waals surface area contributed by atoms with Gasteiger partial charge in [-0.15, -0.1) is 0 Å². The van der Waals surface area contributed by atoms with Crippen LogP contribution >= 0.6 is 0 Å². The van der Waals surface area contributed by atoms with Crippen molar-refractivity contribution in [1.29, 1.82) is 5.26 Å². The van der Waals surface area contributed by atoms with Crippen LogP contribution in [0.15, 0.2) is 61.1 Å². The van der Waals surface area contributed by atoms with Gasteiger partial charge in [-0.2, -0.15) is 5.26 Å². The van der Waals surface area contributed by atoms with E-state index in [9.17, 15) is 5.11 Å². The van der Waals surface area contributed by atoms with Crippen LogP contribution in [0.4, 0.5) is 5.82 Å². The molecule has 3 aromatic heterocycles. The van der Waals surface area contributed by atoms with Gasteiger partial charge in [0.25, 0.3) is 0 Å². The summed E-state index contributed by atoms with van der Waals surface area (Å²) in [6, 6.07) is 16.1.